The van der Waals surface area contributed by atoms with Crippen molar-refractivity contribution in [2.24, 2.45) is 0 Å². The Labute approximate surface area is 123 Å². The molecule has 0 amide bonds. The number of Topliss-reactive ketones (excluding diaryl/α,β-unsaturated/α-hetero) is 1. The quantitative estimate of drug-likeness (QED) is 0.517. The zero-order valence-electron chi connectivity index (χ0n) is 10.8. The van der Waals surface area contributed by atoms with Crippen molar-refractivity contribution in [2.45, 2.75) is 4.90 Å². The van der Waals surface area contributed by atoms with Crippen LogP contribution in [0, 0.1) is 11.6 Å². The first kappa shape index (κ1) is 13.8. The zero-order chi connectivity index (χ0) is 14.8. The summed E-state index contributed by atoms with van der Waals surface area (Å²) in [4.78, 5) is 12.8. The van der Waals surface area contributed by atoms with Gasteiger partial charge in [0.1, 0.15) is 5.82 Å². The molecule has 0 spiro atoms. The molecule has 2 nitrogen and oxygen atoms in total. The van der Waals surface area contributed by atoms with Crippen molar-refractivity contribution in [1.82, 2.24) is 0 Å². The summed E-state index contributed by atoms with van der Waals surface area (Å²) in [6, 6.07) is 11.9. The minimum atomic E-state index is -0.488. The van der Waals surface area contributed by atoms with Crippen LogP contribution < -0.4 is 0 Å². The highest BCUT2D eigenvalue weighted by Gasteiger charge is 2.14. The lowest BCUT2D eigenvalue weighted by Crippen LogP contribution is -2.00. The number of benzene rings is 2. The maximum Gasteiger partial charge on any atom is 0.208 e. The van der Waals surface area contributed by atoms with Crippen LogP contribution in [0.5, 0.6) is 0 Å². The number of para-hydroxylation sites is 1. The Morgan fingerprint density at radius 2 is 1.86 bits per heavy atom. The van der Waals surface area contributed by atoms with Crippen molar-refractivity contribution in [3.05, 3.63) is 65.9 Å². The molecular formula is C16H10F2O2S. The van der Waals surface area contributed by atoms with Crippen LogP contribution in [-0.4, -0.2) is 11.5 Å². The summed E-state index contributed by atoms with van der Waals surface area (Å²) in [5.41, 5.74) is 0.0904. The Kier molecular flexibility index (Phi) is 3.75. The number of carbonyl (C=O) groups excluding carboxylic acids is 1. The van der Waals surface area contributed by atoms with Crippen LogP contribution in [0.3, 0.4) is 0 Å². The fourth-order valence-electron chi connectivity index (χ4n) is 1.92. The summed E-state index contributed by atoms with van der Waals surface area (Å²) >= 11 is 1.28. The van der Waals surface area contributed by atoms with Gasteiger partial charge in [0.05, 0.1) is 5.75 Å². The van der Waals surface area contributed by atoms with Gasteiger partial charge < -0.3 is 4.42 Å². The fraction of sp³-hybridized carbons (Fsp3) is 0.0625. The highest BCUT2D eigenvalue weighted by atomic mass is 32.2. The van der Waals surface area contributed by atoms with E-state index in [9.17, 15) is 13.6 Å². The predicted molar refractivity (Wildman–Crippen MR) is 77.6 cm³/mol. The van der Waals surface area contributed by atoms with Crippen molar-refractivity contribution in [3.8, 4) is 0 Å². The number of fused-ring (bicyclic) bond motifs is 1. The van der Waals surface area contributed by atoms with E-state index in [-0.39, 0.29) is 28.7 Å². The van der Waals surface area contributed by atoms with Gasteiger partial charge in [-0.25, -0.2) is 8.78 Å². The molecule has 0 N–H and O–H groups in total. The third-order valence-corrected chi connectivity index (χ3v) is 3.97. The molecule has 21 heavy (non-hydrogen) atoms. The van der Waals surface area contributed by atoms with E-state index in [1.54, 1.807) is 24.3 Å². The number of thioether (sulfide) groups is 1. The first-order valence-electron chi connectivity index (χ1n) is 6.23. The van der Waals surface area contributed by atoms with Gasteiger partial charge in [-0.1, -0.05) is 12.1 Å². The SMILES string of the molecule is O=C(CSc1ccc(F)cc1)c1cc2cccc(F)c2o1. The lowest BCUT2D eigenvalue weighted by atomic mass is 10.2. The Morgan fingerprint density at radius 1 is 1.10 bits per heavy atom. The van der Waals surface area contributed by atoms with E-state index in [4.69, 9.17) is 4.42 Å². The van der Waals surface area contributed by atoms with E-state index >= 15 is 0 Å². The van der Waals surface area contributed by atoms with Gasteiger partial charge in [-0.15, -0.1) is 11.8 Å². The summed E-state index contributed by atoms with van der Waals surface area (Å²) in [6.07, 6.45) is 0. The van der Waals surface area contributed by atoms with Gasteiger partial charge >= 0.3 is 0 Å². The van der Waals surface area contributed by atoms with Crippen molar-refractivity contribution in [2.75, 3.05) is 5.75 Å². The Hall–Kier alpha value is -2.14. The highest BCUT2D eigenvalue weighted by molar-refractivity contribution is 8.00. The van der Waals surface area contributed by atoms with Crippen LogP contribution in [0.1, 0.15) is 10.6 Å². The second kappa shape index (κ2) is 5.69. The first-order valence-corrected chi connectivity index (χ1v) is 7.22. The number of ketones is 1. The maximum atomic E-state index is 13.5. The number of halogens is 2. The normalized spacial score (nSPS) is 11.0. The molecule has 1 heterocycles. The average molecular weight is 304 g/mol. The second-order valence-electron chi connectivity index (χ2n) is 4.43. The third kappa shape index (κ3) is 2.97. The van der Waals surface area contributed by atoms with Crippen LogP contribution in [0.2, 0.25) is 0 Å². The highest BCUT2D eigenvalue weighted by Crippen LogP contribution is 2.24. The van der Waals surface area contributed by atoms with Crippen LogP contribution >= 0.6 is 11.8 Å². The number of carbonyl (C=O) groups is 1. The molecule has 3 aromatic rings. The molecule has 0 fully saturated rings. The summed E-state index contributed by atoms with van der Waals surface area (Å²) in [7, 11) is 0. The lowest BCUT2D eigenvalue weighted by Gasteiger charge is -1.99. The van der Waals surface area contributed by atoms with Crippen molar-refractivity contribution < 1.29 is 18.0 Å². The predicted octanol–water partition coefficient (Wildman–Crippen LogP) is 4.69. The van der Waals surface area contributed by atoms with E-state index in [1.807, 2.05) is 0 Å². The third-order valence-electron chi connectivity index (χ3n) is 2.95. The van der Waals surface area contributed by atoms with Gasteiger partial charge in [0.2, 0.25) is 5.78 Å². The minimum Gasteiger partial charge on any atom is -0.450 e. The van der Waals surface area contributed by atoms with Crippen LogP contribution in [0.15, 0.2) is 57.8 Å². The van der Waals surface area contributed by atoms with Crippen LogP contribution in [-0.2, 0) is 0 Å². The molecule has 1 aromatic heterocycles. The first-order chi connectivity index (χ1) is 10.1. The molecule has 0 aliphatic rings. The maximum absolute atomic E-state index is 13.5. The van der Waals surface area contributed by atoms with Crippen LogP contribution in [0.25, 0.3) is 11.0 Å². The number of rotatable bonds is 4. The molecule has 0 aliphatic carbocycles. The standard InChI is InChI=1S/C16H10F2O2S/c17-11-4-6-12(7-5-11)21-9-14(19)15-8-10-2-1-3-13(18)16(10)20-15/h1-8H,9H2. The Balaban J connectivity index is 1.75. The van der Waals surface area contributed by atoms with Crippen LogP contribution in [0.4, 0.5) is 8.78 Å². The monoisotopic (exact) mass is 304 g/mol. The second-order valence-corrected chi connectivity index (χ2v) is 5.48. The number of furan rings is 1. The molecule has 0 saturated heterocycles. The van der Waals surface area contributed by atoms with E-state index in [0.29, 0.717) is 5.39 Å². The molecule has 0 unspecified atom stereocenters. The molecule has 0 bridgehead atoms. The molecule has 0 atom stereocenters. The molecule has 106 valence electrons. The lowest BCUT2D eigenvalue weighted by molar-refractivity contribution is 0.0994. The van der Waals surface area contributed by atoms with Crippen molar-refractivity contribution >= 4 is 28.5 Å². The van der Waals surface area contributed by atoms with Gasteiger partial charge in [0.15, 0.2) is 17.2 Å². The summed E-state index contributed by atoms with van der Waals surface area (Å²) in [5, 5.41) is 0.560. The number of hydrogen-bond acceptors (Lipinski definition) is 3. The van der Waals surface area contributed by atoms with E-state index in [0.717, 1.165) is 4.90 Å². The average Bonchev–Trinajstić information content (AvgIpc) is 2.92. The molecule has 0 radical (unpaired) electrons. The van der Waals surface area contributed by atoms with Gasteiger partial charge in [-0.2, -0.15) is 0 Å². The fourth-order valence-corrected chi connectivity index (χ4v) is 2.68. The van der Waals surface area contributed by atoms with Gasteiger partial charge in [-0.3, -0.25) is 4.79 Å². The molecule has 0 saturated carbocycles. The molecule has 2 aromatic carbocycles. The summed E-state index contributed by atoms with van der Waals surface area (Å²) in [6.45, 7) is 0. The smallest absolute Gasteiger partial charge is 0.208 e. The van der Waals surface area contributed by atoms with E-state index in [1.165, 1.54) is 36.0 Å². The van der Waals surface area contributed by atoms with Gasteiger partial charge in [0, 0.05) is 10.3 Å². The van der Waals surface area contributed by atoms with Crippen molar-refractivity contribution in [1.29, 1.82) is 0 Å². The molecular weight excluding hydrogens is 294 g/mol. The van der Waals surface area contributed by atoms with E-state index in [2.05, 4.69) is 0 Å². The molecule has 3 rings (SSSR count). The largest absolute Gasteiger partial charge is 0.450 e. The Morgan fingerprint density at radius 3 is 2.57 bits per heavy atom. The molecule has 5 heteroatoms. The van der Waals surface area contributed by atoms with Gasteiger partial charge in [0.25, 0.3) is 0 Å². The number of hydrogen-bond donors (Lipinski definition) is 0. The topological polar surface area (TPSA) is 30.2 Å². The summed E-state index contributed by atoms with van der Waals surface area (Å²) < 4.78 is 31.6. The minimum absolute atomic E-state index is 0.0904. The van der Waals surface area contributed by atoms with Crippen molar-refractivity contribution in [3.63, 3.8) is 0 Å². The summed E-state index contributed by atoms with van der Waals surface area (Å²) in [5.74, 6) is -0.770. The Bertz CT molecular complexity index is 794. The van der Waals surface area contributed by atoms with E-state index < -0.39 is 5.82 Å². The zero-order valence-corrected chi connectivity index (χ0v) is 11.6. The van der Waals surface area contributed by atoms with Gasteiger partial charge in [-0.05, 0) is 36.4 Å². The molecule has 0 aliphatic heterocycles.